The van der Waals surface area contributed by atoms with Gasteiger partial charge in [0.25, 0.3) is 0 Å². The maximum Gasteiger partial charge on any atom is 0.0526 e. The fourth-order valence-corrected chi connectivity index (χ4v) is 2.47. The van der Waals surface area contributed by atoms with Gasteiger partial charge in [0.2, 0.25) is 0 Å². The summed E-state index contributed by atoms with van der Waals surface area (Å²) in [5, 5.41) is 1.30. The molecule has 0 unspecified atom stereocenters. The average Bonchev–Trinajstić information content (AvgIpc) is 2.45. The van der Waals surface area contributed by atoms with Gasteiger partial charge >= 0.3 is 0 Å². The number of halogens is 1. The van der Waals surface area contributed by atoms with Crippen LogP contribution in [0.1, 0.15) is 26.3 Å². The summed E-state index contributed by atoms with van der Waals surface area (Å²) in [5.41, 5.74) is 2.78. The third kappa shape index (κ3) is 1.71. The van der Waals surface area contributed by atoms with Crippen LogP contribution < -0.4 is 0 Å². The molecule has 0 bridgehead atoms. The molecule has 1 aromatic heterocycles. The Hall–Kier alpha value is -0.760. The van der Waals surface area contributed by atoms with E-state index in [-0.39, 0.29) is 5.54 Å². The molecule has 0 N–H and O–H groups in total. The molecular weight excluding hydrogens is 250 g/mol. The number of para-hydroxylation sites is 1. The van der Waals surface area contributed by atoms with Gasteiger partial charge in [0.1, 0.15) is 0 Å². The third-order valence-corrected chi connectivity index (χ3v) is 3.33. The van der Waals surface area contributed by atoms with Crippen LogP contribution in [0.3, 0.4) is 0 Å². The van der Waals surface area contributed by atoms with E-state index in [1.165, 1.54) is 20.9 Å². The van der Waals surface area contributed by atoms with Crippen molar-refractivity contribution in [2.24, 2.45) is 0 Å². The lowest BCUT2D eigenvalue weighted by molar-refractivity contribution is 0.410. The van der Waals surface area contributed by atoms with Crippen LogP contribution in [0.15, 0.2) is 28.9 Å². The van der Waals surface area contributed by atoms with Crippen LogP contribution in [0.2, 0.25) is 0 Å². The summed E-state index contributed by atoms with van der Waals surface area (Å²) in [4.78, 5) is 0. The normalized spacial score (nSPS) is 12.3. The van der Waals surface area contributed by atoms with Crippen molar-refractivity contribution >= 4 is 26.8 Å². The summed E-state index contributed by atoms with van der Waals surface area (Å²) in [7, 11) is 0. The van der Waals surface area contributed by atoms with Gasteiger partial charge in [-0.15, -0.1) is 0 Å². The second-order valence-corrected chi connectivity index (χ2v) is 5.84. The summed E-state index contributed by atoms with van der Waals surface area (Å²) < 4.78 is 3.51. The summed E-state index contributed by atoms with van der Waals surface area (Å²) in [5.74, 6) is 0. The summed E-state index contributed by atoms with van der Waals surface area (Å²) >= 11 is 3.62. The summed E-state index contributed by atoms with van der Waals surface area (Å²) in [6.45, 7) is 8.85. The predicted octanol–water partition coefficient (Wildman–Crippen LogP) is 4.47. The van der Waals surface area contributed by atoms with E-state index in [1.807, 2.05) is 0 Å². The average molecular weight is 266 g/mol. The van der Waals surface area contributed by atoms with Crippen LogP contribution >= 0.6 is 15.9 Å². The molecule has 1 nitrogen and oxygen atoms in total. The van der Waals surface area contributed by atoms with Crippen molar-refractivity contribution < 1.29 is 0 Å². The zero-order valence-electron chi connectivity index (χ0n) is 9.63. The Morgan fingerprint density at radius 1 is 1.20 bits per heavy atom. The first-order chi connectivity index (χ1) is 6.91. The van der Waals surface area contributed by atoms with Gasteiger partial charge in [0, 0.05) is 21.6 Å². The van der Waals surface area contributed by atoms with Gasteiger partial charge in [-0.3, -0.25) is 0 Å². The fourth-order valence-electron chi connectivity index (χ4n) is 1.95. The SMILES string of the molecule is Cc1cccc2c(Br)cn(C(C)(C)C)c12. The van der Waals surface area contributed by atoms with Gasteiger partial charge in [-0.1, -0.05) is 18.2 Å². The number of nitrogens with zero attached hydrogens (tertiary/aromatic N) is 1. The lowest BCUT2D eigenvalue weighted by Crippen LogP contribution is -2.20. The van der Waals surface area contributed by atoms with Crippen LogP contribution in [0.4, 0.5) is 0 Å². The van der Waals surface area contributed by atoms with Gasteiger partial charge in [0.05, 0.1) is 5.52 Å². The Morgan fingerprint density at radius 3 is 2.47 bits per heavy atom. The van der Waals surface area contributed by atoms with Gasteiger partial charge in [0.15, 0.2) is 0 Å². The Morgan fingerprint density at radius 2 is 1.87 bits per heavy atom. The van der Waals surface area contributed by atoms with Crippen molar-refractivity contribution in [2.45, 2.75) is 33.2 Å². The van der Waals surface area contributed by atoms with E-state index >= 15 is 0 Å². The molecular formula is C13H16BrN. The van der Waals surface area contributed by atoms with E-state index in [0.29, 0.717) is 0 Å². The van der Waals surface area contributed by atoms with E-state index in [2.05, 4.69) is 72.6 Å². The Labute approximate surface area is 99.2 Å². The molecule has 0 aliphatic carbocycles. The molecule has 2 aromatic rings. The third-order valence-electron chi connectivity index (χ3n) is 2.70. The molecule has 15 heavy (non-hydrogen) atoms. The number of fused-ring (bicyclic) bond motifs is 1. The van der Waals surface area contributed by atoms with Crippen molar-refractivity contribution in [1.82, 2.24) is 4.57 Å². The maximum absolute atomic E-state index is 3.62. The van der Waals surface area contributed by atoms with Crippen molar-refractivity contribution in [2.75, 3.05) is 0 Å². The first-order valence-electron chi connectivity index (χ1n) is 5.18. The summed E-state index contributed by atoms with van der Waals surface area (Å²) in [6, 6.07) is 6.43. The highest BCUT2D eigenvalue weighted by atomic mass is 79.9. The molecule has 0 amide bonds. The van der Waals surface area contributed by atoms with E-state index in [9.17, 15) is 0 Å². The monoisotopic (exact) mass is 265 g/mol. The number of hydrogen-bond donors (Lipinski definition) is 0. The lowest BCUT2D eigenvalue weighted by atomic mass is 10.1. The number of aryl methyl sites for hydroxylation is 1. The minimum atomic E-state index is 0.121. The predicted molar refractivity (Wildman–Crippen MR) is 69.4 cm³/mol. The van der Waals surface area contributed by atoms with Crippen molar-refractivity contribution in [3.05, 3.63) is 34.4 Å². The standard InChI is InChI=1S/C13H16BrN/c1-9-6-5-7-10-11(14)8-15(12(9)10)13(2,3)4/h5-8H,1-4H3. The van der Waals surface area contributed by atoms with Gasteiger partial charge in [-0.25, -0.2) is 0 Å². The minimum Gasteiger partial charge on any atom is -0.341 e. The number of hydrogen-bond acceptors (Lipinski definition) is 0. The van der Waals surface area contributed by atoms with Crippen LogP contribution in [0, 0.1) is 6.92 Å². The van der Waals surface area contributed by atoms with Crippen molar-refractivity contribution in [3.8, 4) is 0 Å². The molecule has 0 saturated heterocycles. The Bertz CT molecular complexity index is 503. The molecule has 80 valence electrons. The molecule has 0 radical (unpaired) electrons. The zero-order valence-corrected chi connectivity index (χ0v) is 11.2. The topological polar surface area (TPSA) is 4.93 Å². The quantitative estimate of drug-likeness (QED) is 0.663. The minimum absolute atomic E-state index is 0.121. The lowest BCUT2D eigenvalue weighted by Gasteiger charge is -2.23. The zero-order chi connectivity index (χ0) is 11.2. The van der Waals surface area contributed by atoms with E-state index < -0.39 is 0 Å². The first-order valence-corrected chi connectivity index (χ1v) is 5.97. The molecule has 2 rings (SSSR count). The second kappa shape index (κ2) is 3.38. The molecule has 0 aliphatic rings. The largest absolute Gasteiger partial charge is 0.341 e. The van der Waals surface area contributed by atoms with Gasteiger partial charge in [-0.2, -0.15) is 0 Å². The van der Waals surface area contributed by atoms with Crippen molar-refractivity contribution in [3.63, 3.8) is 0 Å². The highest BCUT2D eigenvalue weighted by molar-refractivity contribution is 9.10. The molecule has 0 atom stereocenters. The van der Waals surface area contributed by atoms with Crippen LogP contribution in [-0.4, -0.2) is 4.57 Å². The highest BCUT2D eigenvalue weighted by Crippen LogP contribution is 2.32. The number of rotatable bonds is 0. The Kier molecular flexibility index (Phi) is 2.42. The molecule has 2 heteroatoms. The molecule has 0 fully saturated rings. The molecule has 0 aliphatic heterocycles. The fraction of sp³-hybridized carbons (Fsp3) is 0.385. The summed E-state index contributed by atoms with van der Waals surface area (Å²) in [6.07, 6.45) is 2.18. The van der Waals surface area contributed by atoms with Crippen LogP contribution in [0.5, 0.6) is 0 Å². The Balaban J connectivity index is 2.88. The molecule has 0 spiro atoms. The van der Waals surface area contributed by atoms with E-state index in [4.69, 9.17) is 0 Å². The van der Waals surface area contributed by atoms with Gasteiger partial charge < -0.3 is 4.57 Å². The maximum atomic E-state index is 3.62. The molecule has 0 saturated carbocycles. The second-order valence-electron chi connectivity index (χ2n) is 4.99. The first kappa shape index (κ1) is 10.7. The van der Waals surface area contributed by atoms with Crippen LogP contribution in [0.25, 0.3) is 10.9 Å². The number of aromatic nitrogens is 1. The smallest absolute Gasteiger partial charge is 0.0526 e. The van der Waals surface area contributed by atoms with Crippen LogP contribution in [-0.2, 0) is 5.54 Å². The van der Waals surface area contributed by atoms with Gasteiger partial charge in [-0.05, 0) is 49.2 Å². The molecule has 1 aromatic carbocycles. The van der Waals surface area contributed by atoms with E-state index in [0.717, 1.165) is 0 Å². The number of benzene rings is 1. The van der Waals surface area contributed by atoms with E-state index in [1.54, 1.807) is 0 Å². The van der Waals surface area contributed by atoms with Crippen molar-refractivity contribution in [1.29, 1.82) is 0 Å². The molecule has 1 heterocycles. The highest BCUT2D eigenvalue weighted by Gasteiger charge is 2.18.